The summed E-state index contributed by atoms with van der Waals surface area (Å²) >= 11 is 7.46. The first-order valence-electron chi connectivity index (χ1n) is 16.3. The highest BCUT2D eigenvalue weighted by molar-refractivity contribution is 7.97. The van der Waals surface area contributed by atoms with Gasteiger partial charge in [-0.2, -0.15) is 13.2 Å². The fraction of sp³-hybridized carbons (Fsp3) is 0.429. The molecule has 9 nitrogen and oxygen atoms in total. The van der Waals surface area contributed by atoms with Crippen LogP contribution in [0.15, 0.2) is 78.0 Å². The average Bonchev–Trinajstić information content (AvgIpc) is 3.60. The van der Waals surface area contributed by atoms with Gasteiger partial charge in [-0.05, 0) is 94.7 Å². The summed E-state index contributed by atoms with van der Waals surface area (Å²) in [5.74, 6) is 1.36. The zero-order valence-corrected chi connectivity index (χ0v) is 28.8. The molecule has 2 atom stereocenters. The summed E-state index contributed by atoms with van der Waals surface area (Å²) in [6.07, 6.45) is 0.666. The molecule has 2 aliphatic rings. The second-order valence-corrected chi connectivity index (χ2v) is 14.6. The molecule has 4 heterocycles. The fourth-order valence-corrected chi connectivity index (χ4v) is 7.03. The topological polar surface area (TPSA) is 106 Å². The van der Waals surface area contributed by atoms with E-state index in [0.29, 0.717) is 22.6 Å². The number of pyridine rings is 2. The van der Waals surface area contributed by atoms with Gasteiger partial charge in [-0.25, -0.2) is 14.6 Å². The van der Waals surface area contributed by atoms with Gasteiger partial charge in [0.25, 0.3) is 5.91 Å². The van der Waals surface area contributed by atoms with Crippen molar-refractivity contribution in [1.29, 1.82) is 0 Å². The number of amides is 1. The highest BCUT2D eigenvalue weighted by atomic mass is 35.5. The van der Waals surface area contributed by atoms with Gasteiger partial charge in [0, 0.05) is 29.8 Å². The number of aromatic nitrogens is 4. The van der Waals surface area contributed by atoms with Crippen molar-refractivity contribution in [2.75, 3.05) is 18.5 Å². The molecule has 1 saturated carbocycles. The number of rotatable bonds is 14. The maximum Gasteiger partial charge on any atom is 0.394 e. The van der Waals surface area contributed by atoms with Crippen molar-refractivity contribution in [3.63, 3.8) is 0 Å². The van der Waals surface area contributed by atoms with Gasteiger partial charge in [-0.3, -0.25) is 9.52 Å². The van der Waals surface area contributed by atoms with Crippen LogP contribution in [0.5, 0.6) is 5.88 Å². The summed E-state index contributed by atoms with van der Waals surface area (Å²) in [4.78, 5) is 22.1. The lowest BCUT2D eigenvalue weighted by atomic mass is 9.91. The molecule has 4 aromatic rings. The third kappa shape index (κ3) is 8.87. The molecule has 6 rings (SSSR count). The van der Waals surface area contributed by atoms with Crippen molar-refractivity contribution < 1.29 is 22.7 Å². The van der Waals surface area contributed by atoms with Crippen LogP contribution in [0.3, 0.4) is 0 Å². The van der Waals surface area contributed by atoms with E-state index < -0.39 is 17.5 Å². The minimum absolute atomic E-state index is 0.0376. The van der Waals surface area contributed by atoms with Crippen LogP contribution in [0.25, 0.3) is 5.82 Å². The number of nitrogens with zero attached hydrogens (tertiary/aromatic N) is 4. The maximum absolute atomic E-state index is 13.2. The van der Waals surface area contributed by atoms with E-state index >= 15 is 0 Å². The Labute approximate surface area is 292 Å². The molecule has 3 aromatic heterocycles. The predicted molar refractivity (Wildman–Crippen MR) is 184 cm³/mol. The summed E-state index contributed by atoms with van der Waals surface area (Å²) in [5.41, 5.74) is -0.111. The average molecular weight is 714 g/mol. The normalized spacial score (nSPS) is 18.5. The number of alkyl halides is 3. The van der Waals surface area contributed by atoms with Crippen LogP contribution in [0.4, 0.5) is 19.0 Å². The molecule has 1 amide bonds. The van der Waals surface area contributed by atoms with E-state index in [4.69, 9.17) is 21.3 Å². The van der Waals surface area contributed by atoms with E-state index in [9.17, 15) is 18.0 Å². The number of hydrogen-bond acceptors (Lipinski definition) is 8. The van der Waals surface area contributed by atoms with Crippen molar-refractivity contribution in [2.45, 2.75) is 75.2 Å². The van der Waals surface area contributed by atoms with Crippen LogP contribution >= 0.6 is 23.5 Å². The second kappa shape index (κ2) is 14.6. The molecule has 49 heavy (non-hydrogen) atoms. The Balaban J connectivity index is 1.03. The molecule has 1 aliphatic carbocycles. The molecule has 1 aliphatic heterocycles. The Morgan fingerprint density at radius 2 is 1.90 bits per heavy atom. The lowest BCUT2D eigenvalue weighted by Crippen LogP contribution is -2.31. The van der Waals surface area contributed by atoms with Crippen molar-refractivity contribution in [2.24, 2.45) is 11.3 Å². The van der Waals surface area contributed by atoms with Crippen LogP contribution in [-0.4, -0.2) is 50.5 Å². The lowest BCUT2D eigenvalue weighted by molar-refractivity contribution is -0.190. The van der Waals surface area contributed by atoms with E-state index in [1.165, 1.54) is 22.4 Å². The second-order valence-electron chi connectivity index (χ2n) is 13.4. The van der Waals surface area contributed by atoms with Crippen LogP contribution in [-0.2, 0) is 0 Å². The smallest absolute Gasteiger partial charge is 0.394 e. The predicted octanol–water partition coefficient (Wildman–Crippen LogP) is 8.19. The van der Waals surface area contributed by atoms with Gasteiger partial charge >= 0.3 is 6.18 Å². The third-order valence-corrected chi connectivity index (χ3v) is 10.2. The Hall–Kier alpha value is -3.81. The zero-order valence-electron chi connectivity index (χ0n) is 27.3. The third-order valence-electron chi connectivity index (χ3n) is 9.19. The van der Waals surface area contributed by atoms with Crippen LogP contribution in [0.2, 0.25) is 5.15 Å². The summed E-state index contributed by atoms with van der Waals surface area (Å²) < 4.78 is 49.1. The molecular formula is C35H39ClF3N7O2S. The summed E-state index contributed by atoms with van der Waals surface area (Å²) in [7, 11) is 0. The number of nitrogens with one attached hydrogen (secondary N) is 3. The molecule has 1 saturated heterocycles. The van der Waals surface area contributed by atoms with Crippen LogP contribution < -0.4 is 20.1 Å². The number of ether oxygens (including phenoxy) is 1. The van der Waals surface area contributed by atoms with Gasteiger partial charge in [0.15, 0.2) is 5.82 Å². The number of hydrogen-bond donors (Lipinski definition) is 3. The molecule has 0 spiro atoms. The number of benzene rings is 1. The standard InChI is InChI=1S/C35H39ClF3N7O2S/c1-33(2)21-23(22-40-33)11-13-26(24-7-4-3-5-8-24)41-27-9-6-10-30(42-27)49-45-32(47)25-12-14-28(43-31(25)36)46-19-15-29(44-46)48-20-18-34(16-17-34)35(37,38)39/h3-10,12,14-15,19,23,26,40H,11,13,16-18,20-22H2,1-2H3,(H,41,42)(H,45,47). The van der Waals surface area contributed by atoms with E-state index in [1.54, 1.807) is 12.3 Å². The maximum atomic E-state index is 13.2. The lowest BCUT2D eigenvalue weighted by Gasteiger charge is -2.22. The Morgan fingerprint density at radius 3 is 2.59 bits per heavy atom. The van der Waals surface area contributed by atoms with Gasteiger partial charge in [0.05, 0.1) is 23.6 Å². The molecule has 3 N–H and O–H groups in total. The number of carbonyl (C=O) groups is 1. The van der Waals surface area contributed by atoms with Crippen molar-refractivity contribution in [1.82, 2.24) is 29.8 Å². The first kappa shape index (κ1) is 35.0. The Bertz CT molecular complexity index is 1750. The van der Waals surface area contributed by atoms with Gasteiger partial charge in [-0.1, -0.05) is 48.0 Å². The summed E-state index contributed by atoms with van der Waals surface area (Å²) in [6.45, 7) is 5.43. The van der Waals surface area contributed by atoms with Crippen molar-refractivity contribution in [3.8, 4) is 11.7 Å². The minimum Gasteiger partial charge on any atom is -0.477 e. The molecule has 1 aromatic carbocycles. The molecule has 2 unspecified atom stereocenters. The first-order chi connectivity index (χ1) is 23.4. The van der Waals surface area contributed by atoms with Gasteiger partial charge in [-0.15, -0.1) is 5.10 Å². The summed E-state index contributed by atoms with van der Waals surface area (Å²) in [5, 5.41) is 12.0. The highest BCUT2D eigenvalue weighted by Gasteiger charge is 2.62. The largest absolute Gasteiger partial charge is 0.477 e. The molecule has 14 heteroatoms. The molecular weight excluding hydrogens is 675 g/mol. The summed E-state index contributed by atoms with van der Waals surface area (Å²) in [6, 6.07) is 20.7. The SMILES string of the molecule is CC1(C)CC(CCC(Nc2cccc(SNC(=O)c3ccc(-n4ccc(OCCC5(C(F)(F)F)CC5)n4)nc3Cl)n2)c2ccccc2)CN1. The van der Waals surface area contributed by atoms with Crippen molar-refractivity contribution in [3.05, 3.63) is 89.2 Å². The van der Waals surface area contributed by atoms with E-state index in [0.717, 1.165) is 37.8 Å². The van der Waals surface area contributed by atoms with E-state index in [1.807, 2.05) is 36.4 Å². The first-order valence-corrected chi connectivity index (χ1v) is 17.5. The molecule has 260 valence electrons. The van der Waals surface area contributed by atoms with Gasteiger partial charge in [0.1, 0.15) is 16.0 Å². The number of halogens is 4. The van der Waals surface area contributed by atoms with E-state index in [2.05, 4.69) is 51.4 Å². The van der Waals surface area contributed by atoms with Gasteiger partial charge in [0.2, 0.25) is 5.88 Å². The fourth-order valence-electron chi connectivity index (χ4n) is 6.20. The number of anilines is 1. The van der Waals surface area contributed by atoms with Crippen LogP contribution in [0.1, 0.15) is 74.3 Å². The minimum atomic E-state index is -4.22. The highest BCUT2D eigenvalue weighted by Crippen LogP contribution is 2.59. The Kier molecular flexibility index (Phi) is 10.4. The van der Waals surface area contributed by atoms with Crippen molar-refractivity contribution >= 4 is 35.3 Å². The molecule has 0 radical (unpaired) electrons. The van der Waals surface area contributed by atoms with E-state index in [-0.39, 0.29) is 54.0 Å². The quantitative estimate of drug-likeness (QED) is 0.0888. The molecule has 0 bridgehead atoms. The van der Waals surface area contributed by atoms with Gasteiger partial charge < -0.3 is 15.4 Å². The molecule has 2 fully saturated rings. The Morgan fingerprint density at radius 1 is 1.10 bits per heavy atom. The number of carbonyl (C=O) groups excluding carboxylic acids is 1. The van der Waals surface area contributed by atoms with Crippen LogP contribution in [0, 0.1) is 11.3 Å². The zero-order chi connectivity index (χ0) is 34.6. The monoisotopic (exact) mass is 713 g/mol.